The molecule has 39 heavy (non-hydrogen) atoms. The fraction of sp³-hybridized carbons (Fsp3) is 0.433. The SMILES string of the molecule is CNS(=O)(=O)c1c(F)cccc1F.Fc1ccc2c(c1)CCC(NCC1CCCCC1)C2Cc1cccnc1. The normalized spacial score (nSPS) is 19.6. The molecule has 0 radical (unpaired) electrons. The molecule has 0 amide bonds. The van der Waals surface area contributed by atoms with E-state index >= 15 is 0 Å². The summed E-state index contributed by atoms with van der Waals surface area (Å²) in [6, 6.07) is 12.9. The lowest BCUT2D eigenvalue weighted by Crippen LogP contribution is -2.42. The van der Waals surface area contributed by atoms with Gasteiger partial charge < -0.3 is 5.32 Å². The molecular weight excluding hydrogens is 523 g/mol. The number of sulfonamides is 1. The molecule has 0 spiro atoms. The highest BCUT2D eigenvalue weighted by Crippen LogP contribution is 2.35. The zero-order chi connectivity index (χ0) is 27.8. The molecule has 3 aromatic rings. The van der Waals surface area contributed by atoms with Gasteiger partial charge in [-0.25, -0.2) is 26.3 Å². The van der Waals surface area contributed by atoms with Crippen molar-refractivity contribution in [3.63, 3.8) is 0 Å². The van der Waals surface area contributed by atoms with Gasteiger partial charge in [0.05, 0.1) is 0 Å². The molecule has 2 aliphatic rings. The number of aryl methyl sites for hydroxylation is 1. The minimum Gasteiger partial charge on any atom is -0.313 e. The van der Waals surface area contributed by atoms with E-state index < -0.39 is 26.6 Å². The van der Waals surface area contributed by atoms with Crippen LogP contribution in [-0.4, -0.2) is 33.0 Å². The van der Waals surface area contributed by atoms with Crippen molar-refractivity contribution in [3.05, 3.63) is 95.1 Å². The van der Waals surface area contributed by atoms with Crippen molar-refractivity contribution < 1.29 is 21.6 Å². The van der Waals surface area contributed by atoms with E-state index in [1.165, 1.54) is 48.8 Å². The summed E-state index contributed by atoms with van der Waals surface area (Å²) in [4.78, 5) is 3.34. The zero-order valence-corrected chi connectivity index (χ0v) is 23.0. The monoisotopic (exact) mass is 559 g/mol. The van der Waals surface area contributed by atoms with Crippen LogP contribution in [0.4, 0.5) is 13.2 Å². The van der Waals surface area contributed by atoms with Gasteiger partial charge in [-0.2, -0.15) is 0 Å². The van der Waals surface area contributed by atoms with Gasteiger partial charge >= 0.3 is 0 Å². The highest BCUT2D eigenvalue weighted by molar-refractivity contribution is 7.89. The number of hydrogen-bond donors (Lipinski definition) is 2. The molecule has 2 aromatic carbocycles. The molecule has 210 valence electrons. The van der Waals surface area contributed by atoms with E-state index in [1.807, 2.05) is 29.2 Å². The Labute approximate surface area is 229 Å². The van der Waals surface area contributed by atoms with Crippen molar-refractivity contribution in [2.24, 2.45) is 5.92 Å². The van der Waals surface area contributed by atoms with Crippen molar-refractivity contribution in [3.8, 4) is 0 Å². The van der Waals surface area contributed by atoms with E-state index in [0.717, 1.165) is 57.0 Å². The molecule has 0 aliphatic heterocycles. The Morgan fingerprint density at radius 3 is 2.36 bits per heavy atom. The van der Waals surface area contributed by atoms with Crippen LogP contribution in [0.5, 0.6) is 0 Å². The summed E-state index contributed by atoms with van der Waals surface area (Å²) in [6.45, 7) is 1.13. The van der Waals surface area contributed by atoms with Gasteiger partial charge in [-0.05, 0) is 98.6 Å². The molecule has 1 fully saturated rings. The average molecular weight is 560 g/mol. The Hall–Kier alpha value is -2.75. The number of nitrogens with zero attached hydrogens (tertiary/aromatic N) is 1. The minimum atomic E-state index is -4.06. The third-order valence-electron chi connectivity index (χ3n) is 7.74. The second kappa shape index (κ2) is 13.5. The average Bonchev–Trinajstić information content (AvgIpc) is 2.94. The topological polar surface area (TPSA) is 71.1 Å². The van der Waals surface area contributed by atoms with Gasteiger partial charge in [0, 0.05) is 24.4 Å². The molecule has 1 aromatic heterocycles. The van der Waals surface area contributed by atoms with E-state index in [0.29, 0.717) is 12.0 Å². The molecule has 1 saturated carbocycles. The van der Waals surface area contributed by atoms with Crippen molar-refractivity contribution in [2.45, 2.75) is 68.2 Å². The summed E-state index contributed by atoms with van der Waals surface area (Å²) in [7, 11) is -2.97. The minimum absolute atomic E-state index is 0.113. The van der Waals surface area contributed by atoms with Crippen LogP contribution in [0.1, 0.15) is 61.1 Å². The van der Waals surface area contributed by atoms with Crippen molar-refractivity contribution >= 4 is 10.0 Å². The summed E-state index contributed by atoms with van der Waals surface area (Å²) in [5, 5.41) is 3.90. The number of hydrogen-bond acceptors (Lipinski definition) is 4. The highest BCUT2D eigenvalue weighted by atomic mass is 32.2. The molecule has 2 unspecified atom stereocenters. The maximum Gasteiger partial charge on any atom is 0.246 e. The van der Waals surface area contributed by atoms with Crippen molar-refractivity contribution in [1.29, 1.82) is 0 Å². The number of aromatic nitrogens is 1. The molecular formula is C30H36F3N3O2S. The summed E-state index contributed by atoms with van der Waals surface area (Å²) >= 11 is 0. The van der Waals surface area contributed by atoms with Gasteiger partial charge in [0.2, 0.25) is 10.0 Å². The lowest BCUT2D eigenvalue weighted by Gasteiger charge is -2.36. The van der Waals surface area contributed by atoms with Crippen LogP contribution in [0.3, 0.4) is 0 Å². The molecule has 5 rings (SSSR count). The first-order valence-corrected chi connectivity index (χ1v) is 15.0. The number of rotatable bonds is 7. The lowest BCUT2D eigenvalue weighted by molar-refractivity contribution is 0.301. The van der Waals surface area contributed by atoms with Crippen LogP contribution in [0.25, 0.3) is 0 Å². The third-order valence-corrected chi connectivity index (χ3v) is 9.21. The second-order valence-electron chi connectivity index (χ2n) is 10.3. The van der Waals surface area contributed by atoms with Crippen molar-refractivity contribution in [2.75, 3.05) is 13.6 Å². The van der Waals surface area contributed by atoms with Gasteiger partial charge in [-0.1, -0.05) is 37.5 Å². The second-order valence-corrected chi connectivity index (χ2v) is 12.2. The summed E-state index contributed by atoms with van der Waals surface area (Å²) < 4.78 is 63.4. The molecule has 9 heteroatoms. The van der Waals surface area contributed by atoms with Gasteiger partial charge in [-0.15, -0.1) is 0 Å². The summed E-state index contributed by atoms with van der Waals surface area (Å²) in [6.07, 6.45) is 13.7. The number of halogens is 3. The van der Waals surface area contributed by atoms with E-state index in [9.17, 15) is 21.6 Å². The van der Waals surface area contributed by atoms with E-state index in [-0.39, 0.29) is 5.82 Å². The van der Waals surface area contributed by atoms with Crippen LogP contribution < -0.4 is 10.0 Å². The summed E-state index contributed by atoms with van der Waals surface area (Å²) in [5.74, 6) is -1.09. The van der Waals surface area contributed by atoms with Gasteiger partial charge in [0.15, 0.2) is 4.90 Å². The Kier molecular flexibility index (Phi) is 10.2. The van der Waals surface area contributed by atoms with Gasteiger partial charge in [0.1, 0.15) is 17.5 Å². The predicted molar refractivity (Wildman–Crippen MR) is 146 cm³/mol. The molecule has 2 N–H and O–H groups in total. The van der Waals surface area contributed by atoms with Crippen LogP contribution in [0, 0.1) is 23.4 Å². The van der Waals surface area contributed by atoms with E-state index in [2.05, 4.69) is 16.4 Å². The fourth-order valence-electron chi connectivity index (χ4n) is 5.70. The Bertz CT molecular complexity index is 1310. The maximum absolute atomic E-state index is 13.7. The van der Waals surface area contributed by atoms with Gasteiger partial charge in [0.25, 0.3) is 0 Å². The predicted octanol–water partition coefficient (Wildman–Crippen LogP) is 5.90. The maximum atomic E-state index is 13.7. The first kappa shape index (κ1) is 29.2. The lowest BCUT2D eigenvalue weighted by atomic mass is 9.76. The fourth-order valence-corrected chi connectivity index (χ4v) is 6.56. The van der Waals surface area contributed by atoms with Crippen LogP contribution >= 0.6 is 0 Å². The van der Waals surface area contributed by atoms with Crippen LogP contribution in [0.15, 0.2) is 65.8 Å². The van der Waals surface area contributed by atoms with Crippen molar-refractivity contribution in [1.82, 2.24) is 15.0 Å². The number of pyridine rings is 1. The Morgan fingerprint density at radius 1 is 0.949 bits per heavy atom. The van der Waals surface area contributed by atoms with E-state index in [1.54, 1.807) is 12.1 Å². The standard InChI is InChI=1S/C23H29FN2.C7H7F2NO2S/c24-20-9-10-21-19(14-20)8-11-23(26-16-17-5-2-1-3-6-17)22(21)13-18-7-4-12-25-15-18;1-10-13(11,12)7-5(8)3-2-4-6(7)9/h4,7,9-10,12,14-15,17,22-23,26H,1-3,5-6,8,11,13,16H2;2-4,10H,1H3. The number of fused-ring (bicyclic) bond motifs is 1. The molecule has 1 heterocycles. The largest absolute Gasteiger partial charge is 0.313 e. The smallest absolute Gasteiger partial charge is 0.246 e. The Morgan fingerprint density at radius 2 is 1.69 bits per heavy atom. The number of benzene rings is 2. The highest BCUT2D eigenvalue weighted by Gasteiger charge is 2.30. The Balaban J connectivity index is 0.000000229. The molecule has 5 nitrogen and oxygen atoms in total. The summed E-state index contributed by atoms with van der Waals surface area (Å²) in [5.41, 5.74) is 3.77. The molecule has 2 aliphatic carbocycles. The zero-order valence-electron chi connectivity index (χ0n) is 22.2. The first-order valence-electron chi connectivity index (χ1n) is 13.6. The molecule has 0 bridgehead atoms. The van der Waals surface area contributed by atoms with Crippen LogP contribution in [-0.2, 0) is 22.9 Å². The quantitative estimate of drug-likeness (QED) is 0.378. The van der Waals surface area contributed by atoms with Gasteiger partial charge in [-0.3, -0.25) is 4.98 Å². The van der Waals surface area contributed by atoms with E-state index in [4.69, 9.17) is 0 Å². The third kappa shape index (κ3) is 7.68. The van der Waals surface area contributed by atoms with Crippen LogP contribution in [0.2, 0.25) is 0 Å². The first-order chi connectivity index (χ1) is 18.8. The molecule has 0 saturated heterocycles. The number of nitrogens with one attached hydrogen (secondary N) is 2. The molecule has 2 atom stereocenters.